The molecule has 1 aromatic carbocycles. The van der Waals surface area contributed by atoms with E-state index in [1.807, 2.05) is 6.07 Å². The highest BCUT2D eigenvalue weighted by atomic mass is 32.1. The molecule has 0 bridgehead atoms. The zero-order valence-electron chi connectivity index (χ0n) is 15.3. The van der Waals surface area contributed by atoms with Gasteiger partial charge in [0.15, 0.2) is 12.4 Å². The van der Waals surface area contributed by atoms with Crippen LogP contribution in [0.4, 0.5) is 5.00 Å². The van der Waals surface area contributed by atoms with Crippen LogP contribution in [0.25, 0.3) is 10.9 Å². The van der Waals surface area contributed by atoms with Crippen molar-refractivity contribution in [2.75, 3.05) is 32.1 Å². The minimum absolute atomic E-state index is 0.155. The third kappa shape index (κ3) is 4.80. The van der Waals surface area contributed by atoms with Gasteiger partial charge in [-0.25, -0.2) is 4.98 Å². The zero-order valence-corrected chi connectivity index (χ0v) is 16.1. The molecule has 1 atom stereocenters. The molecule has 144 valence electrons. The number of rotatable bonds is 8. The maximum Gasteiger partial charge on any atom is 0.280 e. The van der Waals surface area contributed by atoms with Crippen LogP contribution in [0.5, 0.6) is 0 Å². The number of ether oxygens (including phenoxy) is 1. The van der Waals surface area contributed by atoms with Crippen LogP contribution in [0.15, 0.2) is 40.5 Å². The molecule has 0 aliphatic carbocycles. The number of hydrogen-bond acceptors (Lipinski definition) is 6. The van der Waals surface area contributed by atoms with Gasteiger partial charge in [-0.1, -0.05) is 12.1 Å². The molecule has 0 fully saturated rings. The molecule has 8 nitrogen and oxygen atoms in total. The number of nitriles is 1. The molecule has 2 heterocycles. The van der Waals surface area contributed by atoms with Gasteiger partial charge in [-0.15, -0.1) is 11.3 Å². The fraction of sp³-hybridized carbons (Fsp3) is 0.263. The van der Waals surface area contributed by atoms with Gasteiger partial charge in [-0.2, -0.15) is 5.26 Å². The summed E-state index contributed by atoms with van der Waals surface area (Å²) in [4.78, 5) is 32.9. The molecule has 0 radical (unpaired) electrons. The first-order valence-electron chi connectivity index (χ1n) is 8.68. The predicted molar refractivity (Wildman–Crippen MR) is 106 cm³/mol. The molecule has 9 heteroatoms. The van der Waals surface area contributed by atoms with Crippen LogP contribution in [0.2, 0.25) is 0 Å². The highest BCUT2D eigenvalue weighted by molar-refractivity contribution is 7.14. The first kappa shape index (κ1) is 19.7. The maximum absolute atomic E-state index is 12.5. The number of aromatic nitrogens is 2. The van der Waals surface area contributed by atoms with Gasteiger partial charge in [0.05, 0.1) is 23.1 Å². The number of carbonyl (C=O) groups is 1. The summed E-state index contributed by atoms with van der Waals surface area (Å²) in [6, 6.07) is 10.8. The Balaban J connectivity index is 1.74. The first-order chi connectivity index (χ1) is 13.6. The lowest BCUT2D eigenvalue weighted by Crippen LogP contribution is -3.12. The number of hydrogen-bond donors (Lipinski definition) is 3. The lowest BCUT2D eigenvalue weighted by atomic mass is 10.2. The van der Waals surface area contributed by atoms with Gasteiger partial charge in [-0.05, 0) is 23.6 Å². The molecule has 0 saturated carbocycles. The standard InChI is InChI=1S/C19H19N5O3S/c1-27-8-7-24(12-17(25)23-19-13(10-20)6-9-28-19)11-16-21-15-5-3-2-4-14(15)18(26)22-16/h2-6,9H,7-8,11-12H2,1H3,(H,23,25)(H,21,22,26)/p+1. The van der Waals surface area contributed by atoms with Crippen molar-refractivity contribution >= 4 is 33.1 Å². The topological polar surface area (TPSA) is 112 Å². The van der Waals surface area contributed by atoms with E-state index in [0.717, 1.165) is 4.90 Å². The Kier molecular flexibility index (Phi) is 6.49. The van der Waals surface area contributed by atoms with Crippen LogP contribution in [-0.4, -0.2) is 42.7 Å². The molecule has 3 aromatic rings. The van der Waals surface area contributed by atoms with E-state index < -0.39 is 0 Å². The molecule has 1 amide bonds. The Hall–Kier alpha value is -3.06. The van der Waals surface area contributed by atoms with Crippen LogP contribution in [-0.2, 0) is 16.1 Å². The monoisotopic (exact) mass is 398 g/mol. The van der Waals surface area contributed by atoms with E-state index in [-0.39, 0.29) is 18.0 Å². The number of nitrogens with one attached hydrogen (secondary N) is 3. The third-order valence-corrected chi connectivity index (χ3v) is 5.02. The van der Waals surface area contributed by atoms with Gasteiger partial charge < -0.3 is 19.9 Å². The Bertz CT molecular complexity index is 1070. The number of anilines is 1. The summed E-state index contributed by atoms with van der Waals surface area (Å²) in [5.41, 5.74) is 0.861. The van der Waals surface area contributed by atoms with Gasteiger partial charge in [0.2, 0.25) is 0 Å². The van der Waals surface area contributed by atoms with Gasteiger partial charge >= 0.3 is 0 Å². The second kappa shape index (κ2) is 9.23. The van der Waals surface area contributed by atoms with E-state index >= 15 is 0 Å². The average Bonchev–Trinajstić information content (AvgIpc) is 3.13. The van der Waals surface area contributed by atoms with Gasteiger partial charge in [0.25, 0.3) is 11.5 Å². The Morgan fingerprint density at radius 2 is 2.21 bits per heavy atom. The highest BCUT2D eigenvalue weighted by Crippen LogP contribution is 2.21. The molecular formula is C19H20N5O3S+. The van der Waals surface area contributed by atoms with Crippen LogP contribution in [0.3, 0.4) is 0 Å². The van der Waals surface area contributed by atoms with Crippen molar-refractivity contribution in [2.45, 2.75) is 6.54 Å². The number of para-hydroxylation sites is 1. The quantitative estimate of drug-likeness (QED) is 0.512. The number of benzene rings is 1. The first-order valence-corrected chi connectivity index (χ1v) is 9.56. The number of H-pyrrole nitrogens is 1. The zero-order chi connectivity index (χ0) is 19.9. The van der Waals surface area contributed by atoms with Crippen molar-refractivity contribution in [1.29, 1.82) is 5.26 Å². The van der Waals surface area contributed by atoms with Gasteiger partial charge in [-0.3, -0.25) is 9.59 Å². The smallest absolute Gasteiger partial charge is 0.280 e. The lowest BCUT2D eigenvalue weighted by molar-refractivity contribution is -0.906. The second-order valence-electron chi connectivity index (χ2n) is 6.20. The highest BCUT2D eigenvalue weighted by Gasteiger charge is 2.18. The van der Waals surface area contributed by atoms with Gasteiger partial charge in [0.1, 0.15) is 24.2 Å². The number of amides is 1. The second-order valence-corrected chi connectivity index (χ2v) is 7.12. The normalized spacial score (nSPS) is 11.9. The largest absolute Gasteiger partial charge is 0.379 e. The molecule has 0 aliphatic rings. The van der Waals surface area contributed by atoms with Crippen molar-refractivity contribution in [3.05, 3.63) is 57.5 Å². The van der Waals surface area contributed by atoms with E-state index in [2.05, 4.69) is 21.4 Å². The SMILES string of the molecule is COCC[NH+](CC(=O)Nc1sccc1C#N)Cc1nc2ccccc2c(=O)[nH]1. The summed E-state index contributed by atoms with van der Waals surface area (Å²) < 4.78 is 5.14. The van der Waals surface area contributed by atoms with Crippen molar-refractivity contribution in [2.24, 2.45) is 0 Å². The Morgan fingerprint density at radius 1 is 1.39 bits per heavy atom. The van der Waals surface area contributed by atoms with Crippen LogP contribution in [0, 0.1) is 11.3 Å². The van der Waals surface area contributed by atoms with E-state index in [0.29, 0.717) is 47.0 Å². The maximum atomic E-state index is 12.5. The van der Waals surface area contributed by atoms with Crippen LogP contribution in [0.1, 0.15) is 11.4 Å². The van der Waals surface area contributed by atoms with Crippen LogP contribution < -0.4 is 15.8 Å². The Morgan fingerprint density at radius 3 is 3.00 bits per heavy atom. The summed E-state index contributed by atoms with van der Waals surface area (Å²) in [5.74, 6) is 0.296. The Labute approximate surface area is 165 Å². The summed E-state index contributed by atoms with van der Waals surface area (Å²) in [7, 11) is 1.60. The van der Waals surface area contributed by atoms with Crippen molar-refractivity contribution in [3.63, 3.8) is 0 Å². The fourth-order valence-corrected chi connectivity index (χ4v) is 3.59. The molecule has 0 saturated heterocycles. The van der Waals surface area contributed by atoms with E-state index in [9.17, 15) is 9.59 Å². The number of carbonyl (C=O) groups excluding carboxylic acids is 1. The summed E-state index contributed by atoms with van der Waals surface area (Å²) in [6.07, 6.45) is 0. The van der Waals surface area contributed by atoms with Crippen LogP contribution >= 0.6 is 11.3 Å². The number of thiophene rings is 1. The average molecular weight is 398 g/mol. The minimum Gasteiger partial charge on any atom is -0.379 e. The molecule has 2 aromatic heterocycles. The van der Waals surface area contributed by atoms with Crippen molar-refractivity contribution in [3.8, 4) is 6.07 Å². The molecule has 0 spiro atoms. The minimum atomic E-state index is -0.215. The summed E-state index contributed by atoms with van der Waals surface area (Å²) >= 11 is 1.31. The number of fused-ring (bicyclic) bond motifs is 1. The lowest BCUT2D eigenvalue weighted by Gasteiger charge is -2.18. The van der Waals surface area contributed by atoms with E-state index in [4.69, 9.17) is 10.00 Å². The summed E-state index contributed by atoms with van der Waals surface area (Å²) in [5, 5.41) is 14.7. The number of aromatic amines is 1. The predicted octanol–water partition coefficient (Wildman–Crippen LogP) is 0.526. The fourth-order valence-electron chi connectivity index (χ4n) is 2.83. The number of quaternary nitrogens is 1. The molecule has 3 rings (SSSR count). The summed E-state index contributed by atoms with van der Waals surface area (Å²) in [6.45, 7) is 1.55. The molecule has 3 N–H and O–H groups in total. The molecule has 1 unspecified atom stereocenters. The molecule has 0 aliphatic heterocycles. The molecule has 28 heavy (non-hydrogen) atoms. The van der Waals surface area contributed by atoms with E-state index in [1.54, 1.807) is 36.8 Å². The third-order valence-electron chi connectivity index (χ3n) is 4.19. The van der Waals surface area contributed by atoms with Crippen molar-refractivity contribution < 1.29 is 14.4 Å². The number of nitrogens with zero attached hydrogens (tertiary/aromatic N) is 2. The molecular weight excluding hydrogens is 378 g/mol. The number of methoxy groups -OCH3 is 1. The van der Waals surface area contributed by atoms with E-state index in [1.165, 1.54) is 11.3 Å². The van der Waals surface area contributed by atoms with Gasteiger partial charge in [0, 0.05) is 7.11 Å². The van der Waals surface area contributed by atoms with Crippen molar-refractivity contribution in [1.82, 2.24) is 9.97 Å².